The second-order valence-electron chi connectivity index (χ2n) is 6.77. The molecule has 0 saturated carbocycles. The van der Waals surface area contributed by atoms with Gasteiger partial charge in [-0.25, -0.2) is 4.98 Å². The summed E-state index contributed by atoms with van der Waals surface area (Å²) in [6, 6.07) is 13.7. The average Bonchev–Trinajstić information content (AvgIpc) is 3.14. The molecule has 142 valence electrons. The molecule has 0 atom stereocenters. The van der Waals surface area contributed by atoms with Crippen LogP contribution in [0.1, 0.15) is 36.2 Å². The third-order valence-corrected chi connectivity index (χ3v) is 4.97. The van der Waals surface area contributed by atoms with Crippen molar-refractivity contribution >= 4 is 16.9 Å². The van der Waals surface area contributed by atoms with Crippen LogP contribution in [0.15, 0.2) is 42.5 Å². The Kier molecular flexibility index (Phi) is 6.24. The van der Waals surface area contributed by atoms with Crippen LogP contribution in [0.5, 0.6) is 0 Å². The van der Waals surface area contributed by atoms with Crippen LogP contribution in [0, 0.1) is 6.92 Å². The number of aromatic amines is 1. The van der Waals surface area contributed by atoms with Gasteiger partial charge in [-0.3, -0.25) is 4.79 Å². The molecule has 1 heterocycles. The van der Waals surface area contributed by atoms with Gasteiger partial charge in [-0.1, -0.05) is 38.1 Å². The number of hydrogen-bond acceptors (Lipinski definition) is 3. The predicted molar refractivity (Wildman–Crippen MR) is 111 cm³/mol. The zero-order valence-electron chi connectivity index (χ0n) is 16.4. The number of hydrogen-bond donors (Lipinski definition) is 2. The number of aromatic nitrogens is 2. The topological polar surface area (TPSA) is 61.0 Å². The normalized spacial score (nSPS) is 11.3. The highest BCUT2D eigenvalue weighted by atomic mass is 16.1. The Morgan fingerprint density at radius 1 is 1.11 bits per heavy atom. The molecular weight excluding hydrogens is 336 g/mol. The van der Waals surface area contributed by atoms with Gasteiger partial charge in [-0.2, -0.15) is 0 Å². The van der Waals surface area contributed by atoms with Crippen molar-refractivity contribution in [3.05, 3.63) is 53.6 Å². The Labute approximate surface area is 160 Å². The maximum absolute atomic E-state index is 12.3. The first kappa shape index (κ1) is 19.1. The highest BCUT2D eigenvalue weighted by Crippen LogP contribution is 2.22. The SMILES string of the molecule is CCN(CC)CCCNC(=O)c1ccc(-c2nc3c(C)cccc3[nH]2)cc1. The summed E-state index contributed by atoms with van der Waals surface area (Å²) in [6.45, 7) is 10.2. The van der Waals surface area contributed by atoms with Crippen LogP contribution < -0.4 is 5.32 Å². The summed E-state index contributed by atoms with van der Waals surface area (Å²) in [4.78, 5) is 22.7. The van der Waals surface area contributed by atoms with Crippen molar-refractivity contribution in [3.63, 3.8) is 0 Å². The van der Waals surface area contributed by atoms with Gasteiger partial charge < -0.3 is 15.2 Å². The Morgan fingerprint density at radius 2 is 1.85 bits per heavy atom. The van der Waals surface area contributed by atoms with Crippen LogP contribution in [0.2, 0.25) is 0 Å². The summed E-state index contributed by atoms with van der Waals surface area (Å²) in [5.41, 5.74) is 4.82. The van der Waals surface area contributed by atoms with Crippen LogP contribution in [-0.4, -0.2) is 47.0 Å². The van der Waals surface area contributed by atoms with Gasteiger partial charge in [-0.05, 0) is 56.7 Å². The van der Waals surface area contributed by atoms with Crippen molar-refractivity contribution < 1.29 is 4.79 Å². The molecule has 0 fully saturated rings. The lowest BCUT2D eigenvalue weighted by Crippen LogP contribution is -2.29. The smallest absolute Gasteiger partial charge is 0.251 e. The maximum Gasteiger partial charge on any atom is 0.251 e. The minimum absolute atomic E-state index is 0.0263. The molecule has 0 saturated heterocycles. The third-order valence-electron chi connectivity index (χ3n) is 4.97. The first-order chi connectivity index (χ1) is 13.1. The van der Waals surface area contributed by atoms with Gasteiger partial charge in [0.05, 0.1) is 11.0 Å². The van der Waals surface area contributed by atoms with E-state index in [0.29, 0.717) is 12.1 Å². The molecule has 27 heavy (non-hydrogen) atoms. The van der Waals surface area contributed by atoms with Crippen molar-refractivity contribution in [3.8, 4) is 11.4 Å². The maximum atomic E-state index is 12.3. The summed E-state index contributed by atoms with van der Waals surface area (Å²) >= 11 is 0. The summed E-state index contributed by atoms with van der Waals surface area (Å²) in [7, 11) is 0. The van der Waals surface area contributed by atoms with E-state index in [-0.39, 0.29) is 5.91 Å². The number of carbonyl (C=O) groups is 1. The highest BCUT2D eigenvalue weighted by molar-refractivity contribution is 5.94. The lowest BCUT2D eigenvalue weighted by Gasteiger charge is -2.17. The largest absolute Gasteiger partial charge is 0.352 e. The summed E-state index contributed by atoms with van der Waals surface area (Å²) < 4.78 is 0. The second-order valence-corrected chi connectivity index (χ2v) is 6.77. The number of aryl methyl sites for hydroxylation is 1. The van der Waals surface area contributed by atoms with E-state index in [9.17, 15) is 4.79 Å². The zero-order chi connectivity index (χ0) is 19.2. The summed E-state index contributed by atoms with van der Waals surface area (Å²) in [5, 5.41) is 3.00. The Morgan fingerprint density at radius 3 is 2.52 bits per heavy atom. The number of H-pyrrole nitrogens is 1. The van der Waals surface area contributed by atoms with Gasteiger partial charge in [0.15, 0.2) is 0 Å². The van der Waals surface area contributed by atoms with Gasteiger partial charge in [0.1, 0.15) is 5.82 Å². The van der Waals surface area contributed by atoms with Gasteiger partial charge in [-0.15, -0.1) is 0 Å². The van der Waals surface area contributed by atoms with Crippen molar-refractivity contribution in [1.29, 1.82) is 0 Å². The van der Waals surface area contributed by atoms with Crippen LogP contribution in [-0.2, 0) is 0 Å². The van der Waals surface area contributed by atoms with Crippen LogP contribution in [0.3, 0.4) is 0 Å². The lowest BCUT2D eigenvalue weighted by atomic mass is 10.1. The minimum Gasteiger partial charge on any atom is -0.352 e. The molecule has 2 N–H and O–H groups in total. The number of amides is 1. The first-order valence-corrected chi connectivity index (χ1v) is 9.68. The molecule has 1 aromatic heterocycles. The summed E-state index contributed by atoms with van der Waals surface area (Å²) in [6.07, 6.45) is 0.962. The van der Waals surface area contributed by atoms with E-state index in [4.69, 9.17) is 0 Å². The van der Waals surface area contributed by atoms with E-state index in [1.165, 1.54) is 0 Å². The number of fused-ring (bicyclic) bond motifs is 1. The van der Waals surface area contributed by atoms with Crippen molar-refractivity contribution in [1.82, 2.24) is 20.2 Å². The molecule has 0 bridgehead atoms. The molecule has 0 unspecified atom stereocenters. The molecular formula is C22H28N4O. The van der Waals surface area contributed by atoms with Crippen molar-refractivity contribution in [2.24, 2.45) is 0 Å². The van der Waals surface area contributed by atoms with E-state index in [2.05, 4.69) is 47.0 Å². The Bertz CT molecular complexity index is 894. The molecule has 5 nitrogen and oxygen atoms in total. The lowest BCUT2D eigenvalue weighted by molar-refractivity contribution is 0.0952. The van der Waals surface area contributed by atoms with Gasteiger partial charge >= 0.3 is 0 Å². The molecule has 1 amide bonds. The standard InChI is InChI=1S/C22H28N4O/c1-4-26(5-2)15-7-14-23-22(27)18-12-10-17(11-13-18)21-24-19-9-6-8-16(3)20(19)25-21/h6,8-13H,4-5,7,14-15H2,1-3H3,(H,23,27)(H,24,25). The highest BCUT2D eigenvalue weighted by Gasteiger charge is 2.09. The van der Waals surface area contributed by atoms with Gasteiger partial charge in [0.25, 0.3) is 5.91 Å². The van der Waals surface area contributed by atoms with Crippen molar-refractivity contribution in [2.45, 2.75) is 27.2 Å². The molecule has 0 spiro atoms. The van der Waals surface area contributed by atoms with E-state index < -0.39 is 0 Å². The van der Waals surface area contributed by atoms with Crippen LogP contribution in [0.4, 0.5) is 0 Å². The molecule has 3 aromatic rings. The first-order valence-electron chi connectivity index (χ1n) is 9.68. The number of imidazole rings is 1. The second kappa shape index (κ2) is 8.82. The number of benzene rings is 2. The fourth-order valence-corrected chi connectivity index (χ4v) is 3.24. The molecule has 3 rings (SSSR count). The van der Waals surface area contributed by atoms with E-state index >= 15 is 0 Å². The van der Waals surface area contributed by atoms with Crippen LogP contribution in [0.25, 0.3) is 22.4 Å². The van der Waals surface area contributed by atoms with E-state index in [1.54, 1.807) is 0 Å². The van der Waals surface area contributed by atoms with Gasteiger partial charge in [0.2, 0.25) is 0 Å². The fraction of sp³-hybridized carbons (Fsp3) is 0.364. The number of para-hydroxylation sites is 1. The molecule has 0 aliphatic rings. The molecule has 0 aliphatic heterocycles. The Hall–Kier alpha value is -2.66. The van der Waals surface area contributed by atoms with Crippen molar-refractivity contribution in [2.75, 3.05) is 26.2 Å². The molecule has 2 aromatic carbocycles. The third kappa shape index (κ3) is 4.55. The summed E-state index contributed by atoms with van der Waals surface area (Å²) in [5.74, 6) is 0.798. The average molecular weight is 364 g/mol. The predicted octanol–water partition coefficient (Wildman–Crippen LogP) is 4.00. The molecule has 5 heteroatoms. The van der Waals surface area contributed by atoms with Crippen LogP contribution >= 0.6 is 0 Å². The quantitative estimate of drug-likeness (QED) is 0.594. The number of nitrogens with zero attached hydrogens (tertiary/aromatic N) is 2. The van der Waals surface area contributed by atoms with Gasteiger partial charge in [0, 0.05) is 17.7 Å². The van der Waals surface area contributed by atoms with E-state index in [0.717, 1.165) is 54.0 Å². The number of nitrogens with one attached hydrogen (secondary N) is 2. The molecule has 0 aliphatic carbocycles. The Balaban J connectivity index is 1.61. The molecule has 0 radical (unpaired) electrons. The number of carbonyl (C=O) groups excluding carboxylic acids is 1. The fourth-order valence-electron chi connectivity index (χ4n) is 3.24. The van der Waals surface area contributed by atoms with E-state index in [1.807, 2.05) is 36.4 Å². The number of rotatable bonds is 8. The zero-order valence-corrected chi connectivity index (χ0v) is 16.4. The monoisotopic (exact) mass is 364 g/mol. The minimum atomic E-state index is -0.0263.